The molecule has 0 saturated carbocycles. The number of hydrogen-bond donors (Lipinski definition) is 2. The first kappa shape index (κ1) is 17.8. The van der Waals surface area contributed by atoms with E-state index in [1.807, 2.05) is 0 Å². The first-order valence-corrected chi connectivity index (χ1v) is 12.1. The molecule has 0 spiro atoms. The van der Waals surface area contributed by atoms with Crippen molar-refractivity contribution in [2.24, 2.45) is 0 Å². The van der Waals surface area contributed by atoms with Crippen molar-refractivity contribution in [1.29, 1.82) is 0 Å². The van der Waals surface area contributed by atoms with Gasteiger partial charge in [0.2, 0.25) is 0 Å². The highest BCUT2D eigenvalue weighted by molar-refractivity contribution is 8.07. The van der Waals surface area contributed by atoms with Crippen molar-refractivity contribution < 1.29 is 37.4 Å². The van der Waals surface area contributed by atoms with Gasteiger partial charge in [0, 0.05) is 26.1 Å². The van der Waals surface area contributed by atoms with Gasteiger partial charge in [-0.2, -0.15) is 0 Å². The largest absolute Gasteiger partial charge is 0.373 e. The Balaban J connectivity index is 1.77. The van der Waals surface area contributed by atoms with E-state index in [-0.39, 0.29) is 13.2 Å². The van der Waals surface area contributed by atoms with Crippen LogP contribution in [-0.2, 0) is 51.2 Å². The van der Waals surface area contributed by atoms with E-state index >= 15 is 0 Å². The summed E-state index contributed by atoms with van der Waals surface area (Å²) >= 11 is 10.0. The number of fused-ring (bicyclic) bond motifs is 2. The zero-order valence-electron chi connectivity index (χ0n) is 11.6. The SMILES string of the molecule is OP1(=S)OC[C@H]2OCC[C@@H]2O[P@@](O)(=S)OC[C@H]2OCC[C@@H]2O1. The molecule has 6 atom stereocenters. The molecule has 0 aromatic heterocycles. The molecule has 0 amide bonds. The van der Waals surface area contributed by atoms with E-state index in [1.165, 1.54) is 0 Å². The quantitative estimate of drug-likeness (QED) is 0.577. The van der Waals surface area contributed by atoms with Gasteiger partial charge in [-0.25, -0.2) is 0 Å². The van der Waals surface area contributed by atoms with Gasteiger partial charge >= 0.3 is 13.4 Å². The third kappa shape index (κ3) is 4.53. The molecule has 3 saturated heterocycles. The second kappa shape index (κ2) is 7.07. The number of ether oxygens (including phenoxy) is 2. The fraction of sp³-hybridized carbons (Fsp3) is 1.00. The van der Waals surface area contributed by atoms with E-state index < -0.39 is 37.9 Å². The van der Waals surface area contributed by atoms with Crippen molar-refractivity contribution in [3.8, 4) is 0 Å². The van der Waals surface area contributed by atoms with Crippen molar-refractivity contribution in [3.63, 3.8) is 0 Å². The van der Waals surface area contributed by atoms with Gasteiger partial charge in [0.05, 0.1) is 25.4 Å². The molecule has 128 valence electrons. The first-order chi connectivity index (χ1) is 10.3. The van der Waals surface area contributed by atoms with Gasteiger partial charge in [-0.3, -0.25) is 0 Å². The van der Waals surface area contributed by atoms with E-state index in [9.17, 15) is 9.79 Å². The van der Waals surface area contributed by atoms with E-state index in [0.29, 0.717) is 26.1 Å². The molecule has 3 aliphatic rings. The summed E-state index contributed by atoms with van der Waals surface area (Å²) in [6.45, 7) is -5.92. The molecule has 1 unspecified atom stereocenters. The molecule has 3 aliphatic heterocycles. The Morgan fingerprint density at radius 2 is 1.14 bits per heavy atom. The van der Waals surface area contributed by atoms with Crippen molar-refractivity contribution in [2.45, 2.75) is 37.3 Å². The van der Waals surface area contributed by atoms with Crippen LogP contribution >= 0.6 is 13.4 Å². The molecule has 3 rings (SSSR count). The molecule has 8 nitrogen and oxygen atoms in total. The molecule has 0 aromatic rings. The van der Waals surface area contributed by atoms with Crippen molar-refractivity contribution in [2.75, 3.05) is 26.4 Å². The van der Waals surface area contributed by atoms with Crippen LogP contribution < -0.4 is 0 Å². The van der Waals surface area contributed by atoms with Crippen LogP contribution in [0.4, 0.5) is 0 Å². The maximum absolute atomic E-state index is 10.2. The fourth-order valence-electron chi connectivity index (χ4n) is 2.55. The van der Waals surface area contributed by atoms with Crippen LogP contribution in [0.1, 0.15) is 12.8 Å². The topological polar surface area (TPSA) is 95.8 Å². The van der Waals surface area contributed by atoms with Gasteiger partial charge in [-0.05, 0) is 23.6 Å². The molecule has 3 fully saturated rings. The average molecular weight is 392 g/mol. The Kier molecular flexibility index (Phi) is 5.72. The highest BCUT2D eigenvalue weighted by Crippen LogP contribution is 2.51. The lowest BCUT2D eigenvalue weighted by Gasteiger charge is -2.29. The smallest absolute Gasteiger partial charge is 0.324 e. The summed E-state index contributed by atoms with van der Waals surface area (Å²) in [7, 11) is 0. The summed E-state index contributed by atoms with van der Waals surface area (Å²) in [6.07, 6.45) is -0.796. The molecular formula is C10H18O8P2S2. The minimum absolute atomic E-state index is 0.00597. The molecule has 22 heavy (non-hydrogen) atoms. The maximum Gasteiger partial charge on any atom is 0.324 e. The lowest BCUT2D eigenvalue weighted by molar-refractivity contribution is -0.0223. The van der Waals surface area contributed by atoms with Gasteiger partial charge in [0.25, 0.3) is 0 Å². The minimum Gasteiger partial charge on any atom is -0.373 e. The van der Waals surface area contributed by atoms with Gasteiger partial charge < -0.3 is 37.4 Å². The molecule has 0 aromatic carbocycles. The summed E-state index contributed by atoms with van der Waals surface area (Å²) in [5, 5.41) is 0. The van der Waals surface area contributed by atoms with E-state index in [2.05, 4.69) is 0 Å². The average Bonchev–Trinajstić information content (AvgIpc) is 3.02. The van der Waals surface area contributed by atoms with Gasteiger partial charge in [0.1, 0.15) is 12.2 Å². The Bertz CT molecular complexity index is 461. The summed E-state index contributed by atoms with van der Waals surface area (Å²) < 4.78 is 32.6. The summed E-state index contributed by atoms with van der Waals surface area (Å²) in [6, 6.07) is 0. The lowest BCUT2D eigenvalue weighted by Crippen LogP contribution is -2.32. The molecule has 0 radical (unpaired) electrons. The Morgan fingerprint density at radius 3 is 1.55 bits per heavy atom. The summed E-state index contributed by atoms with van der Waals surface area (Å²) in [4.78, 5) is 20.3. The molecule has 12 heteroatoms. The number of rotatable bonds is 0. The van der Waals surface area contributed by atoms with E-state index in [0.717, 1.165) is 0 Å². The Hall–Kier alpha value is 0.980. The zero-order chi connectivity index (χ0) is 15.8. The zero-order valence-corrected chi connectivity index (χ0v) is 15.0. The second-order valence-corrected chi connectivity index (χ2v) is 10.8. The van der Waals surface area contributed by atoms with Crippen molar-refractivity contribution in [1.82, 2.24) is 0 Å². The van der Waals surface area contributed by atoms with Crippen LogP contribution in [0.2, 0.25) is 0 Å². The lowest BCUT2D eigenvalue weighted by atomic mass is 10.2. The predicted molar refractivity (Wildman–Crippen MR) is 83.4 cm³/mol. The van der Waals surface area contributed by atoms with E-state index in [1.54, 1.807) is 0 Å². The van der Waals surface area contributed by atoms with Crippen molar-refractivity contribution in [3.05, 3.63) is 0 Å². The standard InChI is InChI=1S/C10H18O8P2S2/c11-19(21)16-6-10-8(2-4-14-10)18-20(12,22)15-5-9-7(17-19)1-3-13-9/h7-10H,1-6H2,(H,11,21)(H,12,22)/t7-,8-,9+,10+,19-,20?/m0/s1. The van der Waals surface area contributed by atoms with Crippen LogP contribution in [0.5, 0.6) is 0 Å². The maximum atomic E-state index is 10.2. The third-order valence-corrected chi connectivity index (χ3v) is 6.81. The Morgan fingerprint density at radius 1 is 0.727 bits per heavy atom. The normalized spacial score (nSPS) is 50.6. The van der Waals surface area contributed by atoms with Crippen LogP contribution in [0.3, 0.4) is 0 Å². The van der Waals surface area contributed by atoms with E-state index in [4.69, 9.17) is 51.2 Å². The van der Waals surface area contributed by atoms with Crippen LogP contribution in [-0.4, -0.2) is 60.6 Å². The molecule has 0 aliphatic carbocycles. The molecule has 2 N–H and O–H groups in total. The minimum atomic E-state index is -3.41. The highest BCUT2D eigenvalue weighted by atomic mass is 32.5. The summed E-state index contributed by atoms with van der Waals surface area (Å²) in [5.41, 5.74) is 0. The molecule has 0 bridgehead atoms. The highest BCUT2D eigenvalue weighted by Gasteiger charge is 2.40. The van der Waals surface area contributed by atoms with Crippen molar-refractivity contribution >= 4 is 37.1 Å². The predicted octanol–water partition coefficient (Wildman–Crippen LogP) is 0.815. The monoisotopic (exact) mass is 392 g/mol. The third-order valence-electron chi connectivity index (χ3n) is 3.64. The summed E-state index contributed by atoms with van der Waals surface area (Å²) in [5.74, 6) is 0. The van der Waals surface area contributed by atoms with Crippen LogP contribution in [0, 0.1) is 0 Å². The van der Waals surface area contributed by atoms with Crippen LogP contribution in [0.25, 0.3) is 0 Å². The van der Waals surface area contributed by atoms with Gasteiger partial charge in [-0.1, -0.05) is 0 Å². The van der Waals surface area contributed by atoms with Gasteiger partial charge in [0.15, 0.2) is 0 Å². The first-order valence-electron chi connectivity index (χ1n) is 6.89. The second-order valence-electron chi connectivity index (χ2n) is 5.21. The van der Waals surface area contributed by atoms with Crippen LogP contribution in [0.15, 0.2) is 0 Å². The Labute approximate surface area is 138 Å². The fourth-order valence-corrected chi connectivity index (χ4v) is 5.54. The van der Waals surface area contributed by atoms with Gasteiger partial charge in [-0.15, -0.1) is 0 Å². The number of hydrogen-bond acceptors (Lipinski definition) is 8. The molecule has 3 heterocycles. The molecular weight excluding hydrogens is 374 g/mol.